The lowest BCUT2D eigenvalue weighted by Crippen LogP contribution is -2.44. The summed E-state index contributed by atoms with van der Waals surface area (Å²) in [7, 11) is -3.87. The lowest BCUT2D eigenvalue weighted by atomic mass is 9.85. The number of aliphatic hydroxyl groups is 1. The number of nitrogens with one attached hydrogen (secondary N) is 1. The fourth-order valence-corrected chi connectivity index (χ4v) is 3.62. The summed E-state index contributed by atoms with van der Waals surface area (Å²) < 4.78 is 39.7. The second kappa shape index (κ2) is 5.67. The molecule has 0 radical (unpaired) electrons. The Morgan fingerprint density at radius 2 is 1.90 bits per heavy atom. The third-order valence-corrected chi connectivity index (χ3v) is 4.96. The van der Waals surface area contributed by atoms with Crippen LogP contribution in [0.4, 0.5) is 10.1 Å². The van der Waals surface area contributed by atoms with Crippen LogP contribution in [0.25, 0.3) is 0 Å². The number of rotatable bonds is 4. The molecule has 7 heteroatoms. The largest absolute Gasteiger partial charge is 0.399 e. The molecule has 1 aromatic rings. The maximum absolute atomic E-state index is 13.2. The van der Waals surface area contributed by atoms with E-state index in [2.05, 4.69) is 4.72 Å². The van der Waals surface area contributed by atoms with Gasteiger partial charge in [-0.3, -0.25) is 0 Å². The van der Waals surface area contributed by atoms with Crippen molar-refractivity contribution in [2.75, 3.05) is 12.3 Å². The summed E-state index contributed by atoms with van der Waals surface area (Å²) in [5.74, 6) is -0.707. The van der Waals surface area contributed by atoms with Crippen molar-refractivity contribution in [1.82, 2.24) is 4.72 Å². The highest BCUT2D eigenvalue weighted by Gasteiger charge is 2.31. The van der Waals surface area contributed by atoms with Gasteiger partial charge in [0.25, 0.3) is 0 Å². The normalized spacial score (nSPS) is 18.9. The predicted octanol–water partition coefficient (Wildman–Crippen LogP) is 1.38. The fraction of sp³-hybridized carbons (Fsp3) is 0.538. The number of nitrogens with two attached hydrogens (primary N) is 1. The summed E-state index contributed by atoms with van der Waals surface area (Å²) in [5.41, 5.74) is 4.47. The lowest BCUT2D eigenvalue weighted by Gasteiger charge is -2.32. The monoisotopic (exact) mass is 302 g/mol. The van der Waals surface area contributed by atoms with E-state index in [9.17, 15) is 17.9 Å². The Labute approximate surface area is 118 Å². The fourth-order valence-electron chi connectivity index (χ4n) is 2.44. The van der Waals surface area contributed by atoms with E-state index in [0.717, 1.165) is 31.4 Å². The molecule has 112 valence electrons. The Morgan fingerprint density at radius 1 is 1.25 bits per heavy atom. The van der Waals surface area contributed by atoms with Crippen LogP contribution >= 0.6 is 0 Å². The van der Waals surface area contributed by atoms with Gasteiger partial charge in [-0.15, -0.1) is 0 Å². The van der Waals surface area contributed by atoms with Gasteiger partial charge in [-0.2, -0.15) is 0 Å². The number of hydrogen-bond acceptors (Lipinski definition) is 4. The van der Waals surface area contributed by atoms with Crippen LogP contribution < -0.4 is 10.5 Å². The van der Waals surface area contributed by atoms with E-state index in [1.54, 1.807) is 0 Å². The Kier molecular flexibility index (Phi) is 4.31. The zero-order valence-corrected chi connectivity index (χ0v) is 11.9. The van der Waals surface area contributed by atoms with Crippen molar-refractivity contribution in [3.8, 4) is 0 Å². The van der Waals surface area contributed by atoms with E-state index < -0.39 is 21.4 Å². The maximum atomic E-state index is 13.2. The molecule has 0 aromatic heterocycles. The van der Waals surface area contributed by atoms with Crippen LogP contribution in [0, 0.1) is 5.82 Å². The Hall–Kier alpha value is -1.18. The van der Waals surface area contributed by atoms with Crippen molar-refractivity contribution >= 4 is 15.7 Å². The van der Waals surface area contributed by atoms with E-state index in [1.165, 1.54) is 6.07 Å². The summed E-state index contributed by atoms with van der Waals surface area (Å²) in [4.78, 5) is -0.227. The van der Waals surface area contributed by atoms with Crippen molar-refractivity contribution in [2.24, 2.45) is 0 Å². The van der Waals surface area contributed by atoms with Crippen molar-refractivity contribution in [2.45, 2.75) is 42.6 Å². The van der Waals surface area contributed by atoms with Crippen molar-refractivity contribution in [3.05, 3.63) is 24.0 Å². The number of benzene rings is 1. The van der Waals surface area contributed by atoms with E-state index in [1.807, 2.05) is 0 Å². The molecular weight excluding hydrogens is 283 g/mol. The van der Waals surface area contributed by atoms with E-state index in [-0.39, 0.29) is 17.1 Å². The lowest BCUT2D eigenvalue weighted by molar-refractivity contribution is 0.00945. The molecule has 0 saturated heterocycles. The summed E-state index contributed by atoms with van der Waals surface area (Å²) >= 11 is 0. The number of hydrogen-bond donors (Lipinski definition) is 3. The van der Waals surface area contributed by atoms with Crippen LogP contribution in [0.2, 0.25) is 0 Å². The van der Waals surface area contributed by atoms with Crippen molar-refractivity contribution in [1.29, 1.82) is 0 Å². The van der Waals surface area contributed by atoms with Crippen LogP contribution in [-0.4, -0.2) is 25.7 Å². The minimum atomic E-state index is -3.87. The zero-order valence-electron chi connectivity index (χ0n) is 11.1. The molecule has 1 aliphatic rings. The number of anilines is 1. The highest BCUT2D eigenvalue weighted by molar-refractivity contribution is 7.89. The van der Waals surface area contributed by atoms with Gasteiger partial charge >= 0.3 is 0 Å². The molecule has 1 aliphatic carbocycles. The van der Waals surface area contributed by atoms with E-state index in [0.29, 0.717) is 12.8 Å². The smallest absolute Gasteiger partial charge is 0.240 e. The third-order valence-electron chi connectivity index (χ3n) is 3.58. The van der Waals surface area contributed by atoms with Gasteiger partial charge < -0.3 is 10.8 Å². The van der Waals surface area contributed by atoms with Gasteiger partial charge in [-0.05, 0) is 31.0 Å². The van der Waals surface area contributed by atoms with Crippen LogP contribution in [0.15, 0.2) is 23.1 Å². The van der Waals surface area contributed by atoms with Crippen molar-refractivity contribution < 1.29 is 17.9 Å². The second-order valence-electron chi connectivity index (χ2n) is 5.33. The third kappa shape index (κ3) is 3.68. The molecule has 0 atom stereocenters. The molecule has 1 fully saturated rings. The molecule has 0 spiro atoms. The summed E-state index contributed by atoms with van der Waals surface area (Å²) in [6.45, 7) is -0.0637. The SMILES string of the molecule is Nc1cc(F)cc(S(=O)(=O)NCC2(O)CCCCC2)c1. The molecule has 0 unspecified atom stereocenters. The summed E-state index contributed by atoms with van der Waals surface area (Å²) in [5, 5.41) is 10.3. The minimum Gasteiger partial charge on any atom is -0.399 e. The van der Waals surface area contributed by atoms with Gasteiger partial charge in [0.15, 0.2) is 0 Å². The molecule has 0 bridgehead atoms. The average molecular weight is 302 g/mol. The molecule has 1 saturated carbocycles. The van der Waals surface area contributed by atoms with Gasteiger partial charge in [0, 0.05) is 12.2 Å². The summed E-state index contributed by atoms with van der Waals surface area (Å²) in [6.07, 6.45) is 3.95. The minimum absolute atomic E-state index is 0.0433. The maximum Gasteiger partial charge on any atom is 0.240 e. The molecule has 1 aromatic carbocycles. The molecule has 0 aliphatic heterocycles. The van der Waals surface area contributed by atoms with Crippen LogP contribution in [0.3, 0.4) is 0 Å². The average Bonchev–Trinajstić information content (AvgIpc) is 2.37. The van der Waals surface area contributed by atoms with Crippen LogP contribution in [0.5, 0.6) is 0 Å². The number of sulfonamides is 1. The number of halogens is 1. The Morgan fingerprint density at radius 3 is 2.50 bits per heavy atom. The van der Waals surface area contributed by atoms with Gasteiger partial charge in [0.2, 0.25) is 10.0 Å². The molecular formula is C13H19FN2O3S. The molecule has 0 heterocycles. The van der Waals surface area contributed by atoms with Crippen molar-refractivity contribution in [3.63, 3.8) is 0 Å². The first kappa shape index (κ1) is 15.2. The van der Waals surface area contributed by atoms with Gasteiger partial charge in [-0.25, -0.2) is 17.5 Å². The van der Waals surface area contributed by atoms with E-state index >= 15 is 0 Å². The van der Waals surface area contributed by atoms with Crippen LogP contribution in [0.1, 0.15) is 32.1 Å². The molecule has 5 nitrogen and oxygen atoms in total. The zero-order chi connectivity index (χ0) is 14.8. The number of nitrogen functional groups attached to an aromatic ring is 1. The first-order valence-corrected chi connectivity index (χ1v) is 8.07. The molecule has 4 N–H and O–H groups in total. The molecule has 0 amide bonds. The highest BCUT2D eigenvalue weighted by atomic mass is 32.2. The summed E-state index contributed by atoms with van der Waals surface area (Å²) in [6, 6.07) is 3.15. The molecule has 2 rings (SSSR count). The second-order valence-corrected chi connectivity index (χ2v) is 7.10. The highest BCUT2D eigenvalue weighted by Crippen LogP contribution is 2.27. The van der Waals surface area contributed by atoms with Gasteiger partial charge in [0.1, 0.15) is 5.82 Å². The van der Waals surface area contributed by atoms with Gasteiger partial charge in [-0.1, -0.05) is 19.3 Å². The first-order valence-electron chi connectivity index (χ1n) is 6.59. The Bertz CT molecular complexity index is 563. The topological polar surface area (TPSA) is 92.4 Å². The standard InChI is InChI=1S/C13H19FN2O3S/c14-10-6-11(15)8-12(7-10)20(18,19)16-9-13(17)4-2-1-3-5-13/h6-8,16-17H,1-5,9,15H2. The van der Waals surface area contributed by atoms with E-state index in [4.69, 9.17) is 5.73 Å². The quantitative estimate of drug-likeness (QED) is 0.733. The Balaban J connectivity index is 2.11. The van der Waals surface area contributed by atoms with Gasteiger partial charge in [0.05, 0.1) is 10.5 Å². The predicted molar refractivity (Wildman–Crippen MR) is 74.0 cm³/mol. The van der Waals surface area contributed by atoms with Crippen LogP contribution in [-0.2, 0) is 10.0 Å². The molecule has 20 heavy (non-hydrogen) atoms. The first-order chi connectivity index (χ1) is 9.31.